The number of hydrogen-bond acceptors (Lipinski definition) is 3. The van der Waals surface area contributed by atoms with Crippen LogP contribution >= 0.6 is 11.8 Å². The first kappa shape index (κ1) is 10.3. The highest BCUT2D eigenvalue weighted by Crippen LogP contribution is 2.06. The van der Waals surface area contributed by atoms with E-state index >= 15 is 0 Å². The van der Waals surface area contributed by atoms with Crippen LogP contribution in [0.1, 0.15) is 13.3 Å². The molecule has 0 spiro atoms. The average molecular weight is 164 g/mol. The summed E-state index contributed by atoms with van der Waals surface area (Å²) in [6.07, 6.45) is 1.18. The van der Waals surface area contributed by atoms with Gasteiger partial charge < -0.3 is 9.47 Å². The van der Waals surface area contributed by atoms with Crippen LogP contribution in [0.5, 0.6) is 0 Å². The maximum Gasteiger partial charge on any atom is 0.165 e. The third kappa shape index (κ3) is 5.09. The van der Waals surface area contributed by atoms with Crippen molar-refractivity contribution in [3.05, 3.63) is 0 Å². The zero-order valence-corrected chi connectivity index (χ0v) is 7.74. The molecule has 0 aliphatic heterocycles. The second-order valence-electron chi connectivity index (χ2n) is 1.98. The van der Waals surface area contributed by atoms with Crippen molar-refractivity contribution < 1.29 is 9.47 Å². The Morgan fingerprint density at radius 1 is 1.30 bits per heavy atom. The SMILES string of the molecule is CCCSCC(OC)OC. The fourth-order valence-corrected chi connectivity index (χ4v) is 1.48. The molecule has 0 rings (SSSR count). The highest BCUT2D eigenvalue weighted by Gasteiger charge is 2.02. The van der Waals surface area contributed by atoms with Gasteiger partial charge in [0, 0.05) is 20.0 Å². The first-order valence-corrected chi connectivity index (χ1v) is 4.64. The number of rotatable bonds is 6. The highest BCUT2D eigenvalue weighted by atomic mass is 32.2. The second kappa shape index (κ2) is 7.38. The Bertz CT molecular complexity index is 64.6. The molecular weight excluding hydrogens is 148 g/mol. The smallest absolute Gasteiger partial charge is 0.165 e. The molecule has 0 aromatic carbocycles. The predicted octanol–water partition coefficient (Wildman–Crippen LogP) is 1.75. The lowest BCUT2D eigenvalue weighted by molar-refractivity contribution is -0.0842. The van der Waals surface area contributed by atoms with Gasteiger partial charge in [-0.2, -0.15) is 11.8 Å². The van der Waals surface area contributed by atoms with Gasteiger partial charge in [0.2, 0.25) is 0 Å². The van der Waals surface area contributed by atoms with Gasteiger partial charge in [-0.1, -0.05) is 6.92 Å². The Labute approximate surface area is 67.3 Å². The Hall–Kier alpha value is 0.270. The number of thioether (sulfide) groups is 1. The van der Waals surface area contributed by atoms with E-state index in [4.69, 9.17) is 9.47 Å². The van der Waals surface area contributed by atoms with Crippen molar-refractivity contribution >= 4 is 11.8 Å². The molecule has 0 heterocycles. The van der Waals surface area contributed by atoms with Crippen LogP contribution in [0.25, 0.3) is 0 Å². The summed E-state index contributed by atoms with van der Waals surface area (Å²) in [5, 5.41) is 0. The summed E-state index contributed by atoms with van der Waals surface area (Å²) < 4.78 is 10.0. The average Bonchev–Trinajstić information content (AvgIpc) is 1.99. The molecular formula is C7H16O2S. The van der Waals surface area contributed by atoms with E-state index < -0.39 is 0 Å². The number of methoxy groups -OCH3 is 2. The zero-order chi connectivity index (χ0) is 7.82. The second-order valence-corrected chi connectivity index (χ2v) is 3.13. The summed E-state index contributed by atoms with van der Waals surface area (Å²) in [5.41, 5.74) is 0. The Kier molecular flexibility index (Phi) is 7.58. The van der Waals surface area contributed by atoms with Gasteiger partial charge in [-0.25, -0.2) is 0 Å². The number of hydrogen-bond donors (Lipinski definition) is 0. The molecule has 0 saturated heterocycles. The molecule has 0 radical (unpaired) electrons. The molecule has 2 nitrogen and oxygen atoms in total. The van der Waals surface area contributed by atoms with E-state index in [0.717, 1.165) is 5.75 Å². The van der Waals surface area contributed by atoms with Gasteiger partial charge in [-0.15, -0.1) is 0 Å². The Morgan fingerprint density at radius 2 is 1.90 bits per heavy atom. The Morgan fingerprint density at radius 3 is 2.30 bits per heavy atom. The largest absolute Gasteiger partial charge is 0.355 e. The van der Waals surface area contributed by atoms with Crippen LogP contribution in [0.15, 0.2) is 0 Å². The summed E-state index contributed by atoms with van der Waals surface area (Å²) in [6, 6.07) is 0. The van der Waals surface area contributed by atoms with Gasteiger partial charge in [-0.3, -0.25) is 0 Å². The molecule has 62 valence electrons. The number of ether oxygens (including phenoxy) is 2. The van der Waals surface area contributed by atoms with E-state index in [9.17, 15) is 0 Å². The standard InChI is InChI=1S/C7H16O2S/c1-4-5-10-6-7(8-2)9-3/h7H,4-6H2,1-3H3. The third-order valence-corrected chi connectivity index (χ3v) is 2.33. The van der Waals surface area contributed by atoms with Crippen molar-refractivity contribution in [2.75, 3.05) is 25.7 Å². The lowest BCUT2D eigenvalue weighted by Gasteiger charge is -2.11. The maximum atomic E-state index is 5.00. The first-order chi connectivity index (χ1) is 4.85. The van der Waals surface area contributed by atoms with Gasteiger partial charge in [0.1, 0.15) is 0 Å². The van der Waals surface area contributed by atoms with Crippen molar-refractivity contribution in [1.29, 1.82) is 0 Å². The van der Waals surface area contributed by atoms with Crippen molar-refractivity contribution in [3.63, 3.8) is 0 Å². The molecule has 0 saturated carbocycles. The molecule has 0 bridgehead atoms. The highest BCUT2D eigenvalue weighted by molar-refractivity contribution is 7.99. The van der Waals surface area contributed by atoms with E-state index in [1.807, 2.05) is 11.8 Å². The van der Waals surface area contributed by atoms with Crippen LogP contribution in [0.4, 0.5) is 0 Å². The summed E-state index contributed by atoms with van der Waals surface area (Å²) in [5.74, 6) is 2.12. The molecule has 0 unspecified atom stereocenters. The Balaban J connectivity index is 3.09. The van der Waals surface area contributed by atoms with Crippen LogP contribution in [-0.4, -0.2) is 32.0 Å². The van der Waals surface area contributed by atoms with E-state index in [-0.39, 0.29) is 6.29 Å². The van der Waals surface area contributed by atoms with Gasteiger partial charge in [-0.05, 0) is 12.2 Å². The molecule has 0 aromatic rings. The normalized spacial score (nSPS) is 10.8. The lowest BCUT2D eigenvalue weighted by Crippen LogP contribution is -2.15. The van der Waals surface area contributed by atoms with Crippen LogP contribution in [0.2, 0.25) is 0 Å². The topological polar surface area (TPSA) is 18.5 Å². The molecule has 0 aliphatic rings. The van der Waals surface area contributed by atoms with Crippen molar-refractivity contribution in [3.8, 4) is 0 Å². The summed E-state index contributed by atoms with van der Waals surface area (Å²) in [4.78, 5) is 0. The van der Waals surface area contributed by atoms with Crippen molar-refractivity contribution in [2.45, 2.75) is 19.6 Å². The van der Waals surface area contributed by atoms with Gasteiger partial charge >= 0.3 is 0 Å². The van der Waals surface area contributed by atoms with Gasteiger partial charge in [0.05, 0.1) is 0 Å². The fraction of sp³-hybridized carbons (Fsp3) is 1.00. The molecule has 10 heavy (non-hydrogen) atoms. The monoisotopic (exact) mass is 164 g/mol. The van der Waals surface area contributed by atoms with Crippen LogP contribution in [-0.2, 0) is 9.47 Å². The lowest BCUT2D eigenvalue weighted by atomic mass is 10.6. The third-order valence-electron chi connectivity index (χ3n) is 1.13. The molecule has 0 amide bonds. The van der Waals surface area contributed by atoms with E-state index in [1.165, 1.54) is 12.2 Å². The van der Waals surface area contributed by atoms with Crippen LogP contribution in [0.3, 0.4) is 0 Å². The molecule has 0 aromatic heterocycles. The van der Waals surface area contributed by atoms with Crippen LogP contribution in [0, 0.1) is 0 Å². The molecule has 0 aliphatic carbocycles. The van der Waals surface area contributed by atoms with E-state index in [1.54, 1.807) is 14.2 Å². The minimum atomic E-state index is -0.0310. The zero-order valence-electron chi connectivity index (χ0n) is 6.92. The minimum Gasteiger partial charge on any atom is -0.355 e. The predicted molar refractivity (Wildman–Crippen MR) is 45.4 cm³/mol. The molecule has 0 atom stereocenters. The van der Waals surface area contributed by atoms with Gasteiger partial charge in [0.25, 0.3) is 0 Å². The van der Waals surface area contributed by atoms with E-state index in [0.29, 0.717) is 0 Å². The fourth-order valence-electron chi connectivity index (χ4n) is 0.556. The first-order valence-electron chi connectivity index (χ1n) is 3.48. The van der Waals surface area contributed by atoms with Crippen molar-refractivity contribution in [2.24, 2.45) is 0 Å². The summed E-state index contributed by atoms with van der Waals surface area (Å²) in [7, 11) is 3.33. The molecule has 0 N–H and O–H groups in total. The maximum absolute atomic E-state index is 5.00. The van der Waals surface area contributed by atoms with Crippen molar-refractivity contribution in [1.82, 2.24) is 0 Å². The van der Waals surface area contributed by atoms with Crippen LogP contribution < -0.4 is 0 Å². The molecule has 0 fully saturated rings. The van der Waals surface area contributed by atoms with Gasteiger partial charge in [0.15, 0.2) is 6.29 Å². The summed E-state index contributed by atoms with van der Waals surface area (Å²) >= 11 is 1.86. The molecule has 3 heteroatoms. The van der Waals surface area contributed by atoms with E-state index in [2.05, 4.69) is 6.92 Å². The summed E-state index contributed by atoms with van der Waals surface area (Å²) in [6.45, 7) is 2.17. The minimum absolute atomic E-state index is 0.0310. The quantitative estimate of drug-likeness (QED) is 0.440.